The predicted molar refractivity (Wildman–Crippen MR) is 63.7 cm³/mol. The van der Waals surface area contributed by atoms with Crippen molar-refractivity contribution in [3.8, 4) is 0 Å². The lowest BCUT2D eigenvalue weighted by molar-refractivity contribution is 0.194. The van der Waals surface area contributed by atoms with Gasteiger partial charge in [-0.15, -0.1) is 0 Å². The molecule has 0 unspecified atom stereocenters. The first kappa shape index (κ1) is 12.7. The lowest BCUT2D eigenvalue weighted by Crippen LogP contribution is -2.14. The molecule has 0 spiro atoms. The minimum absolute atomic E-state index is 0.311. The largest absolute Gasteiger partial charge is 0.385 e. The van der Waals surface area contributed by atoms with Crippen LogP contribution in [0.1, 0.15) is 29.9 Å². The predicted octanol–water partition coefficient (Wildman–Crippen LogP) is 0.614. The summed E-state index contributed by atoms with van der Waals surface area (Å²) in [6.45, 7) is 0.685. The van der Waals surface area contributed by atoms with Crippen molar-refractivity contribution >= 4 is 0 Å². The molecule has 7 nitrogen and oxygen atoms in total. The van der Waals surface area contributed by atoms with Crippen LogP contribution in [0.4, 0.5) is 0 Å². The molecule has 3 N–H and O–H groups in total. The van der Waals surface area contributed by atoms with E-state index < -0.39 is 0 Å². The fraction of sp³-hybridized carbons (Fsp3) is 0.545. The number of nitrogens with zero attached hydrogens (tertiary/aromatic N) is 3. The number of aromatic nitrogens is 4. The summed E-state index contributed by atoms with van der Waals surface area (Å²) >= 11 is 0. The zero-order valence-electron chi connectivity index (χ0n) is 10.3. The Morgan fingerprint density at radius 3 is 3.17 bits per heavy atom. The van der Waals surface area contributed by atoms with Gasteiger partial charge in [0.15, 0.2) is 5.82 Å². The number of nitrogens with two attached hydrogens (primary N) is 1. The molecule has 7 heteroatoms. The second kappa shape index (κ2) is 6.27. The second-order valence-electron chi connectivity index (χ2n) is 4.03. The first-order valence-electron chi connectivity index (χ1n) is 5.84. The lowest BCUT2D eigenvalue weighted by Gasteiger charge is -2.03. The number of ether oxygens (including phenoxy) is 1. The van der Waals surface area contributed by atoms with E-state index in [1.165, 1.54) is 0 Å². The normalized spacial score (nSPS) is 12.8. The lowest BCUT2D eigenvalue weighted by atomic mass is 10.2. The van der Waals surface area contributed by atoms with Crippen LogP contribution >= 0.6 is 0 Å². The van der Waals surface area contributed by atoms with E-state index in [2.05, 4.69) is 20.1 Å². The second-order valence-corrected chi connectivity index (χ2v) is 4.03. The summed E-state index contributed by atoms with van der Waals surface area (Å²) in [5.74, 6) is 1.12. The first-order valence-corrected chi connectivity index (χ1v) is 5.84. The summed E-state index contributed by atoms with van der Waals surface area (Å²) in [6.07, 6.45) is 5.54. The zero-order valence-corrected chi connectivity index (χ0v) is 10.3. The molecule has 2 aromatic rings. The van der Waals surface area contributed by atoms with E-state index in [0.717, 1.165) is 18.5 Å². The molecule has 0 aliphatic rings. The molecule has 0 aliphatic heterocycles. The molecular weight excluding hydrogens is 234 g/mol. The van der Waals surface area contributed by atoms with Crippen LogP contribution in [-0.4, -0.2) is 33.8 Å². The minimum atomic E-state index is -0.311. The maximum absolute atomic E-state index is 5.99. The number of aryl methyl sites for hydroxylation is 1. The van der Waals surface area contributed by atoms with Crippen molar-refractivity contribution in [3.05, 3.63) is 29.9 Å². The smallest absolute Gasteiger partial charge is 0.243 e. The Morgan fingerprint density at radius 2 is 2.44 bits per heavy atom. The van der Waals surface area contributed by atoms with Crippen molar-refractivity contribution in [2.45, 2.75) is 25.3 Å². The maximum Gasteiger partial charge on any atom is 0.243 e. The summed E-state index contributed by atoms with van der Waals surface area (Å²) in [7, 11) is 1.67. The van der Waals surface area contributed by atoms with Crippen LogP contribution in [0.3, 0.4) is 0 Å². The molecule has 0 fully saturated rings. The van der Waals surface area contributed by atoms with Gasteiger partial charge in [-0.05, 0) is 6.42 Å². The molecular formula is C11H17N5O2. The topological polar surface area (TPSA) is 103 Å². The molecule has 0 bridgehead atoms. The molecule has 1 atom stereocenters. The molecule has 2 rings (SSSR count). The van der Waals surface area contributed by atoms with Gasteiger partial charge in [0, 0.05) is 38.4 Å². The number of rotatable bonds is 7. The van der Waals surface area contributed by atoms with Gasteiger partial charge in [-0.3, -0.25) is 0 Å². The molecule has 0 radical (unpaired) electrons. The van der Waals surface area contributed by atoms with E-state index in [1.807, 2.05) is 0 Å². The third kappa shape index (κ3) is 3.38. The molecule has 0 saturated carbocycles. The Kier molecular flexibility index (Phi) is 4.43. The minimum Gasteiger partial charge on any atom is -0.385 e. The Labute approximate surface area is 105 Å². The monoisotopic (exact) mass is 251 g/mol. The Balaban J connectivity index is 1.88. The molecule has 2 aromatic heterocycles. The van der Waals surface area contributed by atoms with Gasteiger partial charge in [-0.1, -0.05) is 5.16 Å². The highest BCUT2D eigenvalue weighted by Crippen LogP contribution is 2.13. The van der Waals surface area contributed by atoms with Crippen molar-refractivity contribution in [2.24, 2.45) is 5.73 Å². The van der Waals surface area contributed by atoms with Gasteiger partial charge in [0.05, 0.1) is 12.4 Å². The standard InChI is InChI=1S/C11H17N5O2/c1-17-4-2-3-10-15-11(18-16-10)9(12)5-8-6-13-7-14-8/h6-7,9H,2-5,12H2,1H3,(H,13,14)/t9-/m0/s1. The average Bonchev–Trinajstić information content (AvgIpc) is 3.00. The molecule has 0 aromatic carbocycles. The third-order valence-electron chi connectivity index (χ3n) is 2.54. The van der Waals surface area contributed by atoms with E-state index in [9.17, 15) is 0 Å². The van der Waals surface area contributed by atoms with E-state index >= 15 is 0 Å². The number of aromatic amines is 1. The Hall–Kier alpha value is -1.73. The zero-order chi connectivity index (χ0) is 12.8. The van der Waals surface area contributed by atoms with Crippen LogP contribution in [0.2, 0.25) is 0 Å². The summed E-state index contributed by atoms with van der Waals surface area (Å²) in [4.78, 5) is 11.2. The quantitative estimate of drug-likeness (QED) is 0.699. The summed E-state index contributed by atoms with van der Waals surface area (Å²) in [5.41, 5.74) is 6.93. The number of hydrogen-bond acceptors (Lipinski definition) is 6. The van der Waals surface area contributed by atoms with Gasteiger partial charge in [0.2, 0.25) is 5.89 Å². The van der Waals surface area contributed by atoms with Crippen molar-refractivity contribution in [1.29, 1.82) is 0 Å². The summed E-state index contributed by atoms with van der Waals surface area (Å²) in [6, 6.07) is -0.311. The van der Waals surface area contributed by atoms with Gasteiger partial charge in [-0.25, -0.2) is 4.98 Å². The number of methoxy groups -OCH3 is 1. The SMILES string of the molecule is COCCCc1noc([C@@H](N)Cc2cnc[nH]2)n1. The van der Waals surface area contributed by atoms with Gasteiger partial charge in [-0.2, -0.15) is 4.98 Å². The van der Waals surface area contributed by atoms with Crippen LogP contribution in [0.15, 0.2) is 17.0 Å². The Bertz CT molecular complexity index is 454. The Morgan fingerprint density at radius 1 is 1.56 bits per heavy atom. The first-order chi connectivity index (χ1) is 8.79. The highest BCUT2D eigenvalue weighted by atomic mass is 16.5. The number of nitrogens with one attached hydrogen (secondary N) is 1. The van der Waals surface area contributed by atoms with Crippen molar-refractivity contribution in [2.75, 3.05) is 13.7 Å². The molecule has 0 saturated heterocycles. The fourth-order valence-corrected chi connectivity index (χ4v) is 1.61. The molecule has 0 amide bonds. The van der Waals surface area contributed by atoms with Crippen LogP contribution in [0, 0.1) is 0 Å². The molecule has 0 aliphatic carbocycles. The summed E-state index contributed by atoms with van der Waals surface area (Å²) in [5, 5.41) is 3.89. The van der Waals surface area contributed by atoms with E-state index in [-0.39, 0.29) is 6.04 Å². The van der Waals surface area contributed by atoms with Gasteiger partial charge >= 0.3 is 0 Å². The van der Waals surface area contributed by atoms with Crippen molar-refractivity contribution < 1.29 is 9.26 Å². The van der Waals surface area contributed by atoms with Crippen LogP contribution in [0.5, 0.6) is 0 Å². The summed E-state index contributed by atoms with van der Waals surface area (Å²) < 4.78 is 10.1. The van der Waals surface area contributed by atoms with Crippen molar-refractivity contribution in [3.63, 3.8) is 0 Å². The van der Waals surface area contributed by atoms with Crippen LogP contribution in [-0.2, 0) is 17.6 Å². The van der Waals surface area contributed by atoms with Crippen molar-refractivity contribution in [1.82, 2.24) is 20.1 Å². The molecule has 18 heavy (non-hydrogen) atoms. The van der Waals surface area contributed by atoms with Gasteiger partial charge < -0.3 is 20.0 Å². The fourth-order valence-electron chi connectivity index (χ4n) is 1.61. The number of imidazole rings is 1. The highest BCUT2D eigenvalue weighted by molar-refractivity contribution is 5.02. The average molecular weight is 251 g/mol. The van der Waals surface area contributed by atoms with Crippen LogP contribution in [0.25, 0.3) is 0 Å². The molecule has 98 valence electrons. The number of hydrogen-bond donors (Lipinski definition) is 2. The molecule has 2 heterocycles. The highest BCUT2D eigenvalue weighted by Gasteiger charge is 2.15. The van der Waals surface area contributed by atoms with Gasteiger partial charge in [0.25, 0.3) is 0 Å². The van der Waals surface area contributed by atoms with Crippen LogP contribution < -0.4 is 5.73 Å². The van der Waals surface area contributed by atoms with Gasteiger partial charge in [0.1, 0.15) is 0 Å². The van der Waals surface area contributed by atoms with E-state index in [1.54, 1.807) is 19.6 Å². The maximum atomic E-state index is 5.99. The van der Waals surface area contributed by atoms with E-state index in [4.69, 9.17) is 15.0 Å². The van der Waals surface area contributed by atoms with E-state index in [0.29, 0.717) is 24.7 Å². The third-order valence-corrected chi connectivity index (χ3v) is 2.54. The number of H-pyrrole nitrogens is 1.